The van der Waals surface area contributed by atoms with Crippen LogP contribution in [-0.4, -0.2) is 36.0 Å². The second-order valence-electron chi connectivity index (χ2n) is 6.31. The SMILES string of the molecule is O=C(NC1CC1)c1ccccc1OC1CN(Cc2ccsc2)C1. The van der Waals surface area contributed by atoms with E-state index in [1.807, 2.05) is 24.3 Å². The van der Waals surface area contributed by atoms with Crippen LogP contribution in [0, 0.1) is 0 Å². The summed E-state index contributed by atoms with van der Waals surface area (Å²) in [6.45, 7) is 2.80. The van der Waals surface area contributed by atoms with Crippen LogP contribution in [-0.2, 0) is 6.54 Å². The Balaban J connectivity index is 1.33. The molecule has 4 rings (SSSR count). The molecule has 0 spiro atoms. The van der Waals surface area contributed by atoms with Gasteiger partial charge in [-0.1, -0.05) is 12.1 Å². The highest BCUT2D eigenvalue weighted by Crippen LogP contribution is 2.25. The number of hydrogen-bond donors (Lipinski definition) is 1. The topological polar surface area (TPSA) is 41.6 Å². The fourth-order valence-electron chi connectivity index (χ4n) is 2.79. The van der Waals surface area contributed by atoms with Crippen molar-refractivity contribution in [2.45, 2.75) is 31.5 Å². The molecule has 2 heterocycles. The van der Waals surface area contributed by atoms with Crippen LogP contribution in [0.15, 0.2) is 41.1 Å². The zero-order valence-corrected chi connectivity index (χ0v) is 13.7. The molecule has 4 nitrogen and oxygen atoms in total. The molecule has 5 heteroatoms. The Hall–Kier alpha value is -1.85. The average molecular weight is 328 g/mol. The molecule has 1 amide bonds. The van der Waals surface area contributed by atoms with E-state index in [-0.39, 0.29) is 12.0 Å². The fourth-order valence-corrected chi connectivity index (χ4v) is 3.45. The monoisotopic (exact) mass is 328 g/mol. The number of rotatable bonds is 6. The van der Waals surface area contributed by atoms with Crippen molar-refractivity contribution in [1.29, 1.82) is 0 Å². The highest BCUT2D eigenvalue weighted by atomic mass is 32.1. The van der Waals surface area contributed by atoms with Crippen molar-refractivity contribution in [2.24, 2.45) is 0 Å². The summed E-state index contributed by atoms with van der Waals surface area (Å²) in [5, 5.41) is 7.33. The zero-order valence-electron chi connectivity index (χ0n) is 12.9. The highest BCUT2D eigenvalue weighted by molar-refractivity contribution is 7.07. The zero-order chi connectivity index (χ0) is 15.6. The largest absolute Gasteiger partial charge is 0.487 e. The lowest BCUT2D eigenvalue weighted by Crippen LogP contribution is -2.53. The number of nitrogens with zero attached hydrogens (tertiary/aromatic N) is 1. The van der Waals surface area contributed by atoms with Gasteiger partial charge in [-0.2, -0.15) is 11.3 Å². The first-order valence-corrected chi connectivity index (χ1v) is 9.02. The van der Waals surface area contributed by atoms with Crippen LogP contribution in [0.25, 0.3) is 0 Å². The molecule has 1 N–H and O–H groups in total. The lowest BCUT2D eigenvalue weighted by molar-refractivity contribution is 0.0141. The quantitative estimate of drug-likeness (QED) is 0.886. The van der Waals surface area contributed by atoms with Crippen molar-refractivity contribution in [3.8, 4) is 5.75 Å². The standard InChI is InChI=1S/C18H20N2O2S/c21-18(19-14-5-6-14)16-3-1-2-4-17(16)22-15-10-20(11-15)9-13-7-8-23-12-13/h1-4,7-8,12,14-15H,5-6,9-11H2,(H,19,21). The van der Waals surface area contributed by atoms with Gasteiger partial charge in [0.25, 0.3) is 5.91 Å². The third-order valence-electron chi connectivity index (χ3n) is 4.25. The van der Waals surface area contributed by atoms with Gasteiger partial charge in [-0.3, -0.25) is 9.69 Å². The van der Waals surface area contributed by atoms with Crippen molar-refractivity contribution >= 4 is 17.2 Å². The number of likely N-dealkylation sites (tertiary alicyclic amines) is 1. The normalized spacial score (nSPS) is 18.4. The Morgan fingerprint density at radius 3 is 2.83 bits per heavy atom. The van der Waals surface area contributed by atoms with Gasteiger partial charge in [0.15, 0.2) is 0 Å². The Kier molecular flexibility index (Phi) is 4.06. The summed E-state index contributed by atoms with van der Waals surface area (Å²) in [6, 6.07) is 10.1. The first-order valence-electron chi connectivity index (χ1n) is 8.08. The Bertz CT molecular complexity index is 676. The van der Waals surface area contributed by atoms with E-state index < -0.39 is 0 Å². The minimum Gasteiger partial charge on any atom is -0.487 e. The van der Waals surface area contributed by atoms with Crippen LogP contribution >= 0.6 is 11.3 Å². The number of carbonyl (C=O) groups excluding carboxylic acids is 1. The molecular weight excluding hydrogens is 308 g/mol. The van der Waals surface area contributed by atoms with Gasteiger partial charge in [-0.05, 0) is 47.4 Å². The van der Waals surface area contributed by atoms with Crippen LogP contribution in [0.5, 0.6) is 5.75 Å². The number of thiophene rings is 1. The van der Waals surface area contributed by atoms with Crippen molar-refractivity contribution in [3.63, 3.8) is 0 Å². The smallest absolute Gasteiger partial charge is 0.255 e. The molecule has 2 aliphatic rings. The molecule has 2 aromatic rings. The van der Waals surface area contributed by atoms with Crippen molar-refractivity contribution < 1.29 is 9.53 Å². The summed E-state index contributed by atoms with van der Waals surface area (Å²) in [6.07, 6.45) is 2.35. The van der Waals surface area contributed by atoms with E-state index in [9.17, 15) is 4.79 Å². The third kappa shape index (κ3) is 3.57. The van der Waals surface area contributed by atoms with Crippen molar-refractivity contribution in [1.82, 2.24) is 10.2 Å². The Morgan fingerprint density at radius 1 is 1.26 bits per heavy atom. The van der Waals surface area contributed by atoms with Crippen LogP contribution in [0.4, 0.5) is 0 Å². The fraction of sp³-hybridized carbons (Fsp3) is 0.389. The summed E-state index contributed by atoms with van der Waals surface area (Å²) >= 11 is 1.73. The predicted molar refractivity (Wildman–Crippen MR) is 90.9 cm³/mol. The number of ether oxygens (including phenoxy) is 1. The molecule has 1 aliphatic heterocycles. The second kappa shape index (κ2) is 6.34. The van der Waals surface area contributed by atoms with Gasteiger partial charge in [-0.15, -0.1) is 0 Å². The highest BCUT2D eigenvalue weighted by Gasteiger charge is 2.30. The van der Waals surface area contributed by atoms with Crippen molar-refractivity contribution in [2.75, 3.05) is 13.1 Å². The molecular formula is C18H20N2O2S. The van der Waals surface area contributed by atoms with Gasteiger partial charge < -0.3 is 10.1 Å². The number of benzene rings is 1. The van der Waals surface area contributed by atoms with Gasteiger partial charge in [0.1, 0.15) is 11.9 Å². The average Bonchev–Trinajstić information content (AvgIpc) is 3.18. The first-order chi connectivity index (χ1) is 11.3. The number of para-hydroxylation sites is 1. The van der Waals surface area contributed by atoms with Gasteiger partial charge >= 0.3 is 0 Å². The molecule has 0 bridgehead atoms. The third-order valence-corrected chi connectivity index (χ3v) is 4.98. The maximum Gasteiger partial charge on any atom is 0.255 e. The molecule has 1 aromatic heterocycles. The maximum atomic E-state index is 12.3. The van der Waals surface area contributed by atoms with Gasteiger partial charge in [-0.25, -0.2) is 0 Å². The number of hydrogen-bond acceptors (Lipinski definition) is 4. The molecule has 1 aliphatic carbocycles. The van der Waals surface area contributed by atoms with Crippen LogP contribution in [0.3, 0.4) is 0 Å². The molecule has 1 saturated heterocycles. The molecule has 1 aromatic carbocycles. The van der Waals surface area contributed by atoms with Gasteiger partial charge in [0, 0.05) is 25.7 Å². The molecule has 23 heavy (non-hydrogen) atoms. The van der Waals surface area contributed by atoms with Gasteiger partial charge in [0.05, 0.1) is 5.56 Å². The van der Waals surface area contributed by atoms with E-state index in [4.69, 9.17) is 4.74 Å². The van der Waals surface area contributed by atoms with Crippen LogP contribution < -0.4 is 10.1 Å². The summed E-state index contributed by atoms with van der Waals surface area (Å²) in [5.41, 5.74) is 2.01. The molecule has 0 unspecified atom stereocenters. The summed E-state index contributed by atoms with van der Waals surface area (Å²) in [5.74, 6) is 0.684. The lowest BCUT2D eigenvalue weighted by atomic mass is 10.1. The number of carbonyl (C=O) groups is 1. The molecule has 120 valence electrons. The van der Waals surface area contributed by atoms with E-state index in [0.717, 1.165) is 32.5 Å². The molecule has 0 radical (unpaired) electrons. The summed E-state index contributed by atoms with van der Waals surface area (Å²) < 4.78 is 6.05. The number of amides is 1. The molecule has 1 saturated carbocycles. The van der Waals surface area contributed by atoms with Crippen molar-refractivity contribution in [3.05, 3.63) is 52.2 Å². The van der Waals surface area contributed by atoms with Gasteiger partial charge in [0.2, 0.25) is 0 Å². The predicted octanol–water partition coefficient (Wildman–Crippen LogP) is 2.90. The van der Waals surface area contributed by atoms with E-state index in [1.54, 1.807) is 11.3 Å². The van der Waals surface area contributed by atoms with E-state index >= 15 is 0 Å². The maximum absolute atomic E-state index is 12.3. The van der Waals surface area contributed by atoms with Crippen LogP contribution in [0.2, 0.25) is 0 Å². The Labute approximate surface area is 140 Å². The summed E-state index contributed by atoms with van der Waals surface area (Å²) in [4.78, 5) is 14.6. The Morgan fingerprint density at radius 2 is 2.09 bits per heavy atom. The second-order valence-corrected chi connectivity index (χ2v) is 7.09. The van der Waals surface area contributed by atoms with E-state index in [1.165, 1.54) is 5.56 Å². The van der Waals surface area contributed by atoms with Crippen LogP contribution in [0.1, 0.15) is 28.8 Å². The minimum atomic E-state index is -0.0162. The minimum absolute atomic E-state index is 0.0162. The molecule has 0 atom stereocenters. The molecule has 2 fully saturated rings. The van der Waals surface area contributed by atoms with E-state index in [2.05, 4.69) is 27.0 Å². The first kappa shape index (κ1) is 14.7. The number of nitrogens with one attached hydrogen (secondary N) is 1. The van der Waals surface area contributed by atoms with E-state index in [0.29, 0.717) is 17.4 Å². The lowest BCUT2D eigenvalue weighted by Gasteiger charge is -2.39. The summed E-state index contributed by atoms with van der Waals surface area (Å²) in [7, 11) is 0.